The fourth-order valence-corrected chi connectivity index (χ4v) is 2.34. The Morgan fingerprint density at radius 1 is 1.25 bits per heavy atom. The van der Waals surface area contributed by atoms with E-state index in [1.165, 1.54) is 0 Å². The molecule has 1 aliphatic heterocycles. The van der Waals surface area contributed by atoms with Crippen LogP contribution in [0, 0.1) is 0 Å². The summed E-state index contributed by atoms with van der Waals surface area (Å²) in [7, 11) is 3.96. The number of hydrogen-bond acceptors (Lipinski definition) is 5. The van der Waals surface area contributed by atoms with Crippen LogP contribution in [-0.2, 0) is 6.54 Å². The Balaban J connectivity index is 1.81. The Labute approximate surface area is 118 Å². The third-order valence-corrected chi connectivity index (χ3v) is 3.41. The van der Waals surface area contributed by atoms with E-state index in [1.54, 1.807) is 0 Å². The van der Waals surface area contributed by atoms with E-state index in [2.05, 4.69) is 51.7 Å². The van der Waals surface area contributed by atoms with Crippen LogP contribution in [0.3, 0.4) is 0 Å². The molecule has 0 spiro atoms. The maximum atomic E-state index is 5.26. The Bertz CT molecular complexity index is 615. The van der Waals surface area contributed by atoms with Gasteiger partial charge in [0.1, 0.15) is 11.5 Å². The molecule has 0 unspecified atom stereocenters. The zero-order valence-electron chi connectivity index (χ0n) is 11.8. The molecule has 0 saturated heterocycles. The Kier molecular flexibility index (Phi) is 3.52. The number of nitrogens with one attached hydrogen (secondary N) is 1. The maximum Gasteiger partial charge on any atom is 0.151 e. The number of amidine groups is 1. The molecule has 0 fully saturated rings. The average molecular weight is 270 g/mol. The van der Waals surface area contributed by atoms with Crippen molar-refractivity contribution in [1.82, 2.24) is 15.4 Å². The second-order valence-electron chi connectivity index (χ2n) is 4.91. The molecule has 1 aliphatic rings. The van der Waals surface area contributed by atoms with E-state index in [4.69, 9.17) is 4.52 Å². The van der Waals surface area contributed by atoms with Crippen LogP contribution in [-0.4, -0.2) is 43.1 Å². The number of hydrogen-bond donors (Lipinski definition) is 1. The van der Waals surface area contributed by atoms with Crippen LogP contribution in [0.5, 0.6) is 0 Å². The first-order valence-corrected chi connectivity index (χ1v) is 6.74. The molecule has 0 radical (unpaired) electrons. The van der Waals surface area contributed by atoms with Gasteiger partial charge in [0.2, 0.25) is 0 Å². The van der Waals surface area contributed by atoms with Crippen LogP contribution >= 0.6 is 0 Å². The molecule has 104 valence electrons. The van der Waals surface area contributed by atoms with Gasteiger partial charge in [0.15, 0.2) is 5.76 Å². The van der Waals surface area contributed by atoms with E-state index >= 15 is 0 Å². The van der Waals surface area contributed by atoms with E-state index in [-0.39, 0.29) is 0 Å². The Morgan fingerprint density at radius 2 is 2.00 bits per heavy atom. The summed E-state index contributed by atoms with van der Waals surface area (Å²) in [6, 6.07) is 10.3. The summed E-state index contributed by atoms with van der Waals surface area (Å²) in [6.07, 6.45) is 0. The quantitative estimate of drug-likeness (QED) is 0.919. The molecule has 1 aromatic heterocycles. The van der Waals surface area contributed by atoms with Gasteiger partial charge in [-0.2, -0.15) is 0 Å². The number of rotatable bonds is 4. The van der Waals surface area contributed by atoms with E-state index in [1.807, 2.05) is 13.1 Å². The molecule has 2 aromatic rings. The Morgan fingerprint density at radius 3 is 2.65 bits per heavy atom. The van der Waals surface area contributed by atoms with Crippen molar-refractivity contribution in [3.63, 3.8) is 0 Å². The molecule has 0 atom stereocenters. The van der Waals surface area contributed by atoms with Gasteiger partial charge in [-0.1, -0.05) is 29.4 Å². The van der Waals surface area contributed by atoms with Gasteiger partial charge in [-0.05, 0) is 7.05 Å². The second kappa shape index (κ2) is 5.46. The second-order valence-corrected chi connectivity index (χ2v) is 4.91. The average Bonchev–Trinajstić information content (AvgIpc) is 3.09. The molecular formula is C15H18N4O. The number of aromatic nitrogens is 1. The fourth-order valence-electron chi connectivity index (χ4n) is 2.34. The van der Waals surface area contributed by atoms with E-state index < -0.39 is 0 Å². The molecule has 5 nitrogen and oxygen atoms in total. The normalized spacial score (nSPS) is 14.7. The van der Waals surface area contributed by atoms with Gasteiger partial charge in [-0.15, -0.1) is 0 Å². The van der Waals surface area contributed by atoms with Gasteiger partial charge in [0, 0.05) is 30.8 Å². The van der Waals surface area contributed by atoms with Gasteiger partial charge >= 0.3 is 0 Å². The lowest BCUT2D eigenvalue weighted by atomic mass is 10.1. The molecular weight excluding hydrogens is 252 g/mol. The summed E-state index contributed by atoms with van der Waals surface area (Å²) in [5.74, 6) is 1.90. The lowest BCUT2D eigenvalue weighted by molar-refractivity contribution is 0.379. The van der Waals surface area contributed by atoms with Gasteiger partial charge < -0.3 is 14.7 Å². The maximum absolute atomic E-state index is 5.26. The largest absolute Gasteiger partial charge is 0.359 e. The fraction of sp³-hybridized carbons (Fsp3) is 0.333. The minimum absolute atomic E-state index is 0.687. The summed E-state index contributed by atoms with van der Waals surface area (Å²) in [4.78, 5) is 6.69. The van der Waals surface area contributed by atoms with Crippen molar-refractivity contribution in [2.75, 3.05) is 27.2 Å². The smallest absolute Gasteiger partial charge is 0.151 e. The summed E-state index contributed by atoms with van der Waals surface area (Å²) < 4.78 is 5.26. The van der Waals surface area contributed by atoms with Crippen molar-refractivity contribution in [2.24, 2.45) is 4.99 Å². The first-order chi connectivity index (χ1) is 9.78. The van der Waals surface area contributed by atoms with Crippen molar-refractivity contribution < 1.29 is 4.52 Å². The van der Waals surface area contributed by atoms with Gasteiger partial charge in [0.05, 0.1) is 13.1 Å². The van der Waals surface area contributed by atoms with Crippen LogP contribution in [0.4, 0.5) is 0 Å². The molecule has 1 N–H and O–H groups in total. The minimum Gasteiger partial charge on any atom is -0.359 e. The van der Waals surface area contributed by atoms with Crippen molar-refractivity contribution in [1.29, 1.82) is 0 Å². The summed E-state index contributed by atoms with van der Waals surface area (Å²) >= 11 is 0. The van der Waals surface area contributed by atoms with Crippen molar-refractivity contribution in [2.45, 2.75) is 6.54 Å². The summed E-state index contributed by atoms with van der Waals surface area (Å²) in [5.41, 5.74) is 3.07. The van der Waals surface area contributed by atoms with Crippen molar-refractivity contribution >= 4 is 5.84 Å². The highest BCUT2D eigenvalue weighted by molar-refractivity contribution is 5.99. The molecule has 0 bridgehead atoms. The predicted octanol–water partition coefficient (Wildman–Crippen LogP) is 1.75. The zero-order chi connectivity index (χ0) is 13.9. The van der Waals surface area contributed by atoms with Crippen LogP contribution in [0.2, 0.25) is 0 Å². The Hall–Kier alpha value is -2.14. The minimum atomic E-state index is 0.687. The standard InChI is InChI=1S/C15H18N4O/c1-16-10-13-9-14(18-20-13)11-3-5-12(6-4-11)15-17-7-8-19(15)2/h3-6,9,16H,7-8,10H2,1-2H3. The number of nitrogens with zero attached hydrogens (tertiary/aromatic N) is 3. The van der Waals surface area contributed by atoms with Gasteiger partial charge in [-0.25, -0.2) is 0 Å². The van der Waals surface area contributed by atoms with Crippen molar-refractivity contribution in [3.8, 4) is 11.3 Å². The zero-order valence-corrected chi connectivity index (χ0v) is 11.8. The van der Waals surface area contributed by atoms with Gasteiger partial charge in [-0.3, -0.25) is 4.99 Å². The van der Waals surface area contributed by atoms with Crippen LogP contribution in [0.25, 0.3) is 11.3 Å². The van der Waals surface area contributed by atoms with Crippen molar-refractivity contribution in [3.05, 3.63) is 41.7 Å². The summed E-state index contributed by atoms with van der Waals surface area (Å²) in [5, 5.41) is 7.14. The SMILES string of the molecule is CNCc1cc(-c2ccc(C3=NCCN3C)cc2)no1. The predicted molar refractivity (Wildman–Crippen MR) is 78.7 cm³/mol. The number of likely N-dealkylation sites (N-methyl/N-ethyl adjacent to an activating group) is 1. The molecule has 0 amide bonds. The number of aliphatic imine (C=N–C) groups is 1. The van der Waals surface area contributed by atoms with Crippen LogP contribution in [0.15, 0.2) is 39.8 Å². The third-order valence-electron chi connectivity index (χ3n) is 3.41. The molecule has 3 rings (SSSR count). The van der Waals surface area contributed by atoms with E-state index in [0.717, 1.165) is 41.5 Å². The molecule has 2 heterocycles. The lowest BCUT2D eigenvalue weighted by Crippen LogP contribution is -2.23. The summed E-state index contributed by atoms with van der Waals surface area (Å²) in [6.45, 7) is 2.56. The van der Waals surface area contributed by atoms with E-state index in [0.29, 0.717) is 6.54 Å². The van der Waals surface area contributed by atoms with Crippen LogP contribution < -0.4 is 5.32 Å². The molecule has 0 saturated carbocycles. The third kappa shape index (κ3) is 2.44. The highest BCUT2D eigenvalue weighted by Gasteiger charge is 2.14. The number of benzene rings is 1. The van der Waals surface area contributed by atoms with E-state index in [9.17, 15) is 0 Å². The highest BCUT2D eigenvalue weighted by Crippen LogP contribution is 2.20. The first-order valence-electron chi connectivity index (χ1n) is 6.74. The highest BCUT2D eigenvalue weighted by atomic mass is 16.5. The molecule has 0 aliphatic carbocycles. The molecule has 1 aromatic carbocycles. The molecule has 20 heavy (non-hydrogen) atoms. The first kappa shape index (κ1) is 12.9. The monoisotopic (exact) mass is 270 g/mol. The topological polar surface area (TPSA) is 53.7 Å². The lowest BCUT2D eigenvalue weighted by Gasteiger charge is -2.13. The molecule has 5 heteroatoms. The van der Waals surface area contributed by atoms with Gasteiger partial charge in [0.25, 0.3) is 0 Å². The van der Waals surface area contributed by atoms with Crippen LogP contribution in [0.1, 0.15) is 11.3 Å².